The summed E-state index contributed by atoms with van der Waals surface area (Å²) in [6.07, 6.45) is 1.45. The van der Waals surface area contributed by atoms with Crippen LogP contribution in [0.5, 0.6) is 0 Å². The highest BCUT2D eigenvalue weighted by molar-refractivity contribution is 5.96. The van der Waals surface area contributed by atoms with E-state index in [9.17, 15) is 9.59 Å². The van der Waals surface area contributed by atoms with Gasteiger partial charge in [0.1, 0.15) is 0 Å². The molecule has 0 bridgehead atoms. The molecule has 0 fully saturated rings. The molecule has 0 aromatic heterocycles. The maximum Gasteiger partial charge on any atom is 0.336 e. The maximum atomic E-state index is 11.3. The molecule has 6 heteroatoms. The van der Waals surface area contributed by atoms with E-state index in [0.717, 1.165) is 6.08 Å². The molecule has 0 radical (unpaired) electrons. The van der Waals surface area contributed by atoms with Gasteiger partial charge in [-0.05, 0) is 6.42 Å². The molecule has 0 amide bonds. The molecule has 0 aromatic rings. The van der Waals surface area contributed by atoms with E-state index in [1.807, 2.05) is 0 Å². The fourth-order valence-corrected chi connectivity index (χ4v) is 0.811. The highest BCUT2D eigenvalue weighted by atomic mass is 16.7. The van der Waals surface area contributed by atoms with Gasteiger partial charge < -0.3 is 18.9 Å². The molecule has 0 atom stereocenters. The number of hydrogen-bond acceptors (Lipinski definition) is 6. The van der Waals surface area contributed by atoms with Crippen molar-refractivity contribution in [1.82, 2.24) is 0 Å². The summed E-state index contributed by atoms with van der Waals surface area (Å²) in [5.41, 5.74) is 0.221. The summed E-state index contributed by atoms with van der Waals surface area (Å²) in [5, 5.41) is 0. The van der Waals surface area contributed by atoms with Crippen LogP contribution in [0.2, 0.25) is 0 Å². The third-order valence-electron chi connectivity index (χ3n) is 1.56. The molecule has 0 unspecified atom stereocenters. The average Bonchev–Trinajstić information content (AvgIpc) is 2.30. The van der Waals surface area contributed by atoms with Crippen LogP contribution in [-0.4, -0.2) is 39.7 Å². The molecule has 0 saturated heterocycles. The molecule has 0 N–H and O–H groups in total. The van der Waals surface area contributed by atoms with Gasteiger partial charge in [-0.3, -0.25) is 0 Å². The predicted octanol–water partition coefficient (Wildman–Crippen LogP) is 0.617. The molecule has 16 heavy (non-hydrogen) atoms. The van der Waals surface area contributed by atoms with Crippen molar-refractivity contribution in [3.8, 4) is 0 Å². The third kappa shape index (κ3) is 6.15. The monoisotopic (exact) mass is 232 g/mol. The molecular formula is C10H16O6. The molecule has 0 saturated carbocycles. The third-order valence-corrected chi connectivity index (χ3v) is 1.56. The van der Waals surface area contributed by atoms with Crippen LogP contribution < -0.4 is 0 Å². The van der Waals surface area contributed by atoms with Crippen LogP contribution in [0.1, 0.15) is 13.3 Å². The topological polar surface area (TPSA) is 71.1 Å². The van der Waals surface area contributed by atoms with E-state index >= 15 is 0 Å². The van der Waals surface area contributed by atoms with Crippen LogP contribution in [-0.2, 0) is 28.5 Å². The van der Waals surface area contributed by atoms with Gasteiger partial charge in [0.15, 0.2) is 13.6 Å². The summed E-state index contributed by atoms with van der Waals surface area (Å²) in [7, 11) is 2.79. The molecule has 0 rings (SSSR count). The SMILES string of the molecule is CCC(=CC(=O)OCOC)C(=O)OCOC. The molecular weight excluding hydrogens is 216 g/mol. The van der Waals surface area contributed by atoms with Crippen LogP contribution in [0.25, 0.3) is 0 Å². The van der Waals surface area contributed by atoms with Crippen LogP contribution >= 0.6 is 0 Å². The van der Waals surface area contributed by atoms with Gasteiger partial charge in [-0.15, -0.1) is 0 Å². The number of esters is 2. The number of carbonyl (C=O) groups is 2. The summed E-state index contributed by atoms with van der Waals surface area (Å²) >= 11 is 0. The van der Waals surface area contributed by atoms with Gasteiger partial charge in [-0.2, -0.15) is 0 Å². The average molecular weight is 232 g/mol. The van der Waals surface area contributed by atoms with Crippen molar-refractivity contribution >= 4 is 11.9 Å². The fourth-order valence-electron chi connectivity index (χ4n) is 0.811. The Morgan fingerprint density at radius 1 is 1.06 bits per heavy atom. The summed E-state index contributed by atoms with van der Waals surface area (Å²) in [4.78, 5) is 22.5. The van der Waals surface area contributed by atoms with Crippen LogP contribution in [0, 0.1) is 0 Å². The van der Waals surface area contributed by atoms with E-state index in [-0.39, 0.29) is 19.2 Å². The van der Waals surface area contributed by atoms with Crippen LogP contribution in [0.4, 0.5) is 0 Å². The standard InChI is InChI=1S/C10H16O6/c1-4-8(10(12)16-7-14-3)5-9(11)15-6-13-2/h5H,4,6-7H2,1-3H3. The molecule has 92 valence electrons. The number of rotatable bonds is 7. The van der Waals surface area contributed by atoms with E-state index in [1.54, 1.807) is 6.92 Å². The van der Waals surface area contributed by atoms with Crippen molar-refractivity contribution < 1.29 is 28.5 Å². The van der Waals surface area contributed by atoms with Gasteiger partial charge in [0.2, 0.25) is 0 Å². The molecule has 0 heterocycles. The molecule has 0 aliphatic heterocycles. The Bertz CT molecular complexity index is 258. The lowest BCUT2D eigenvalue weighted by molar-refractivity contribution is -0.151. The van der Waals surface area contributed by atoms with E-state index in [0.29, 0.717) is 6.42 Å². The van der Waals surface area contributed by atoms with Gasteiger partial charge in [0, 0.05) is 25.9 Å². The Morgan fingerprint density at radius 2 is 1.62 bits per heavy atom. The number of carbonyl (C=O) groups excluding carboxylic acids is 2. The van der Waals surface area contributed by atoms with Gasteiger partial charge in [-0.25, -0.2) is 9.59 Å². The normalized spacial score (nSPS) is 11.1. The van der Waals surface area contributed by atoms with Crippen LogP contribution in [0.15, 0.2) is 11.6 Å². The Morgan fingerprint density at radius 3 is 2.12 bits per heavy atom. The molecule has 0 aliphatic carbocycles. The maximum absolute atomic E-state index is 11.3. The first-order valence-corrected chi connectivity index (χ1v) is 4.68. The minimum Gasteiger partial charge on any atom is -0.435 e. The van der Waals surface area contributed by atoms with Crippen molar-refractivity contribution in [2.75, 3.05) is 27.8 Å². The first kappa shape index (κ1) is 14.6. The lowest BCUT2D eigenvalue weighted by Gasteiger charge is -2.05. The van der Waals surface area contributed by atoms with Crippen molar-refractivity contribution in [3.05, 3.63) is 11.6 Å². The predicted molar refractivity (Wildman–Crippen MR) is 54.3 cm³/mol. The fraction of sp³-hybridized carbons (Fsp3) is 0.600. The number of ether oxygens (including phenoxy) is 4. The molecule has 6 nitrogen and oxygen atoms in total. The second-order valence-corrected chi connectivity index (χ2v) is 2.73. The Hall–Kier alpha value is -1.40. The van der Waals surface area contributed by atoms with Crippen molar-refractivity contribution in [2.45, 2.75) is 13.3 Å². The van der Waals surface area contributed by atoms with Gasteiger partial charge in [0.25, 0.3) is 0 Å². The van der Waals surface area contributed by atoms with Crippen molar-refractivity contribution in [1.29, 1.82) is 0 Å². The molecule has 0 aliphatic rings. The van der Waals surface area contributed by atoms with Crippen molar-refractivity contribution in [2.24, 2.45) is 0 Å². The Labute approximate surface area is 94.1 Å². The zero-order valence-corrected chi connectivity index (χ0v) is 9.65. The molecule has 0 spiro atoms. The Balaban J connectivity index is 4.28. The second kappa shape index (κ2) is 8.87. The van der Waals surface area contributed by atoms with Crippen molar-refractivity contribution in [3.63, 3.8) is 0 Å². The van der Waals surface area contributed by atoms with E-state index in [4.69, 9.17) is 0 Å². The highest BCUT2D eigenvalue weighted by Gasteiger charge is 2.11. The van der Waals surface area contributed by atoms with Gasteiger partial charge in [0.05, 0.1) is 0 Å². The zero-order valence-electron chi connectivity index (χ0n) is 9.65. The minimum absolute atomic E-state index is 0.150. The minimum atomic E-state index is -0.645. The highest BCUT2D eigenvalue weighted by Crippen LogP contribution is 2.04. The number of methoxy groups -OCH3 is 2. The lowest BCUT2D eigenvalue weighted by Crippen LogP contribution is -2.12. The summed E-state index contributed by atoms with van der Waals surface area (Å²) in [5.74, 6) is -1.24. The largest absolute Gasteiger partial charge is 0.435 e. The van der Waals surface area contributed by atoms with Gasteiger partial charge >= 0.3 is 11.9 Å². The smallest absolute Gasteiger partial charge is 0.336 e. The van der Waals surface area contributed by atoms with E-state index in [1.165, 1.54) is 14.2 Å². The van der Waals surface area contributed by atoms with E-state index in [2.05, 4.69) is 18.9 Å². The van der Waals surface area contributed by atoms with Gasteiger partial charge in [-0.1, -0.05) is 6.92 Å². The second-order valence-electron chi connectivity index (χ2n) is 2.73. The molecule has 0 aromatic carbocycles. The summed E-state index contributed by atoms with van der Waals surface area (Å²) in [6.45, 7) is 1.42. The Kier molecular flexibility index (Phi) is 8.10. The van der Waals surface area contributed by atoms with Crippen LogP contribution in [0.3, 0.4) is 0 Å². The lowest BCUT2D eigenvalue weighted by atomic mass is 10.2. The zero-order chi connectivity index (χ0) is 12.4. The number of hydrogen-bond donors (Lipinski definition) is 0. The summed E-state index contributed by atoms with van der Waals surface area (Å²) < 4.78 is 18.4. The first-order valence-electron chi connectivity index (χ1n) is 4.68. The van der Waals surface area contributed by atoms with E-state index < -0.39 is 11.9 Å². The quantitative estimate of drug-likeness (QED) is 0.364. The summed E-state index contributed by atoms with van der Waals surface area (Å²) in [6, 6.07) is 0. The first-order chi connectivity index (χ1) is 7.65.